The van der Waals surface area contributed by atoms with Crippen molar-refractivity contribution in [2.75, 3.05) is 11.9 Å². The fourth-order valence-electron chi connectivity index (χ4n) is 2.38. The van der Waals surface area contributed by atoms with Crippen LogP contribution in [0.25, 0.3) is 11.5 Å². The lowest BCUT2D eigenvalue weighted by Crippen LogP contribution is -2.13. The molecule has 0 aliphatic heterocycles. The number of benzene rings is 2. The number of hydrogen-bond donors (Lipinski definition) is 1. The van der Waals surface area contributed by atoms with Crippen molar-refractivity contribution in [3.8, 4) is 17.2 Å². The molecule has 3 rings (SSSR count). The number of hydrogen-bond acceptors (Lipinski definition) is 5. The highest BCUT2D eigenvalue weighted by Crippen LogP contribution is 2.26. The topological polar surface area (TPSA) is 77.2 Å². The first kappa shape index (κ1) is 16.7. The molecule has 0 atom stereocenters. The van der Waals surface area contributed by atoms with Gasteiger partial charge in [-0.2, -0.15) is 4.98 Å². The Morgan fingerprint density at radius 3 is 2.56 bits per heavy atom. The van der Waals surface area contributed by atoms with Gasteiger partial charge in [-0.3, -0.25) is 4.79 Å². The van der Waals surface area contributed by atoms with Gasteiger partial charge in [0.1, 0.15) is 5.75 Å². The van der Waals surface area contributed by atoms with Crippen molar-refractivity contribution in [3.63, 3.8) is 0 Å². The maximum Gasteiger partial charge on any atom is 0.257 e. The third-order valence-electron chi connectivity index (χ3n) is 3.61. The molecule has 3 aromatic rings. The minimum atomic E-state index is -0.210. The minimum absolute atomic E-state index is 0.210. The van der Waals surface area contributed by atoms with E-state index < -0.39 is 0 Å². The van der Waals surface area contributed by atoms with E-state index in [0.717, 1.165) is 11.1 Å². The van der Waals surface area contributed by atoms with Gasteiger partial charge >= 0.3 is 0 Å². The van der Waals surface area contributed by atoms with Gasteiger partial charge in [-0.1, -0.05) is 11.2 Å². The molecular weight excluding hydrogens is 318 g/mol. The first-order valence-electron chi connectivity index (χ1n) is 8.02. The zero-order valence-electron chi connectivity index (χ0n) is 14.4. The maximum absolute atomic E-state index is 12.5. The number of nitrogens with zero attached hydrogens (tertiary/aromatic N) is 2. The van der Waals surface area contributed by atoms with Crippen LogP contribution in [0.2, 0.25) is 0 Å². The predicted molar refractivity (Wildman–Crippen MR) is 94.8 cm³/mol. The van der Waals surface area contributed by atoms with E-state index in [1.807, 2.05) is 32.0 Å². The van der Waals surface area contributed by atoms with Gasteiger partial charge in [0.15, 0.2) is 5.82 Å². The quantitative estimate of drug-likeness (QED) is 0.761. The molecular formula is C19H19N3O3. The normalized spacial score (nSPS) is 10.5. The lowest BCUT2D eigenvalue weighted by molar-refractivity contribution is 0.102. The van der Waals surface area contributed by atoms with Gasteiger partial charge in [-0.25, -0.2) is 0 Å². The van der Waals surface area contributed by atoms with Gasteiger partial charge in [0, 0.05) is 11.1 Å². The van der Waals surface area contributed by atoms with Gasteiger partial charge in [-0.05, 0) is 62.7 Å². The lowest BCUT2D eigenvalue weighted by atomic mass is 10.1. The number of aromatic nitrogens is 2. The second-order valence-electron chi connectivity index (χ2n) is 5.61. The molecule has 2 aromatic carbocycles. The van der Waals surface area contributed by atoms with E-state index in [9.17, 15) is 4.79 Å². The number of carbonyl (C=O) groups excluding carboxylic acids is 1. The van der Waals surface area contributed by atoms with Crippen molar-refractivity contribution in [1.82, 2.24) is 10.1 Å². The summed E-state index contributed by atoms with van der Waals surface area (Å²) in [5, 5.41) is 6.65. The van der Waals surface area contributed by atoms with Crippen LogP contribution in [0.15, 0.2) is 47.0 Å². The fraction of sp³-hybridized carbons (Fsp3) is 0.211. The monoisotopic (exact) mass is 337 g/mol. The number of amides is 1. The lowest BCUT2D eigenvalue weighted by Gasteiger charge is -2.12. The zero-order chi connectivity index (χ0) is 17.8. The number of rotatable bonds is 5. The molecule has 0 fully saturated rings. The Morgan fingerprint density at radius 1 is 1.16 bits per heavy atom. The summed E-state index contributed by atoms with van der Waals surface area (Å²) in [5.41, 5.74) is 3.01. The highest BCUT2D eigenvalue weighted by Gasteiger charge is 2.12. The number of anilines is 1. The molecule has 1 N–H and O–H groups in total. The van der Waals surface area contributed by atoms with E-state index in [-0.39, 0.29) is 5.91 Å². The third kappa shape index (κ3) is 3.85. The first-order chi connectivity index (χ1) is 12.1. The first-order valence-corrected chi connectivity index (χ1v) is 8.02. The summed E-state index contributed by atoms with van der Waals surface area (Å²) < 4.78 is 10.7. The van der Waals surface area contributed by atoms with Gasteiger partial charge < -0.3 is 14.6 Å². The Bertz CT molecular complexity index is 885. The van der Waals surface area contributed by atoms with Crippen LogP contribution < -0.4 is 10.1 Å². The summed E-state index contributed by atoms with van der Waals surface area (Å²) in [6.07, 6.45) is 0. The van der Waals surface area contributed by atoms with Gasteiger partial charge in [0.05, 0.1) is 12.3 Å². The molecule has 0 saturated carbocycles. The van der Waals surface area contributed by atoms with Crippen LogP contribution in [0.4, 0.5) is 5.69 Å². The van der Waals surface area contributed by atoms with Crippen molar-refractivity contribution in [2.24, 2.45) is 0 Å². The highest BCUT2D eigenvalue weighted by molar-refractivity contribution is 6.05. The Hall–Kier alpha value is -3.15. The van der Waals surface area contributed by atoms with E-state index in [1.165, 1.54) is 0 Å². The van der Waals surface area contributed by atoms with Crippen molar-refractivity contribution >= 4 is 11.6 Å². The van der Waals surface area contributed by atoms with Crippen LogP contribution in [0.1, 0.15) is 28.7 Å². The largest absolute Gasteiger partial charge is 0.492 e. The zero-order valence-corrected chi connectivity index (χ0v) is 14.4. The maximum atomic E-state index is 12.5. The molecule has 6 heteroatoms. The Kier molecular flexibility index (Phi) is 4.79. The summed E-state index contributed by atoms with van der Waals surface area (Å²) in [4.78, 5) is 16.7. The third-order valence-corrected chi connectivity index (χ3v) is 3.61. The second kappa shape index (κ2) is 7.17. The van der Waals surface area contributed by atoms with Crippen LogP contribution in [0.5, 0.6) is 5.75 Å². The number of nitrogens with one attached hydrogen (secondary N) is 1. The summed E-state index contributed by atoms with van der Waals surface area (Å²) in [7, 11) is 0. The summed E-state index contributed by atoms with van der Waals surface area (Å²) in [6, 6.07) is 12.7. The molecule has 6 nitrogen and oxygen atoms in total. The Balaban J connectivity index is 1.77. The molecule has 128 valence electrons. The summed E-state index contributed by atoms with van der Waals surface area (Å²) in [6.45, 7) is 6.18. The van der Waals surface area contributed by atoms with Crippen LogP contribution in [0, 0.1) is 13.8 Å². The molecule has 25 heavy (non-hydrogen) atoms. The van der Waals surface area contributed by atoms with E-state index in [4.69, 9.17) is 9.26 Å². The molecule has 1 aromatic heterocycles. The smallest absolute Gasteiger partial charge is 0.257 e. The second-order valence-corrected chi connectivity index (χ2v) is 5.61. The molecule has 0 aliphatic carbocycles. The van der Waals surface area contributed by atoms with Gasteiger partial charge in [0.25, 0.3) is 11.8 Å². The van der Waals surface area contributed by atoms with E-state index in [0.29, 0.717) is 35.3 Å². The Labute approximate surface area is 145 Å². The molecule has 1 heterocycles. The molecule has 0 bridgehead atoms. The molecule has 1 amide bonds. The van der Waals surface area contributed by atoms with E-state index in [2.05, 4.69) is 15.5 Å². The average Bonchev–Trinajstić information content (AvgIpc) is 3.04. The molecule has 0 aliphatic rings. The number of aryl methyl sites for hydroxylation is 2. The number of ether oxygens (including phenoxy) is 1. The number of carbonyl (C=O) groups is 1. The predicted octanol–water partition coefficient (Wildman–Crippen LogP) is 4.00. The SMILES string of the molecule is CCOc1cc(C)ccc1NC(=O)c1ccc(-c2nc(C)no2)cc1. The molecule has 0 saturated heterocycles. The Morgan fingerprint density at radius 2 is 1.92 bits per heavy atom. The summed E-state index contributed by atoms with van der Waals surface area (Å²) >= 11 is 0. The van der Waals surface area contributed by atoms with Gasteiger partial charge in [0.2, 0.25) is 0 Å². The van der Waals surface area contributed by atoms with Crippen molar-refractivity contribution in [3.05, 3.63) is 59.4 Å². The highest BCUT2D eigenvalue weighted by atomic mass is 16.5. The van der Waals surface area contributed by atoms with Crippen LogP contribution >= 0.6 is 0 Å². The van der Waals surface area contributed by atoms with Crippen LogP contribution in [-0.4, -0.2) is 22.7 Å². The summed E-state index contributed by atoms with van der Waals surface area (Å²) in [5.74, 6) is 1.45. The van der Waals surface area contributed by atoms with Crippen molar-refractivity contribution in [2.45, 2.75) is 20.8 Å². The van der Waals surface area contributed by atoms with Gasteiger partial charge in [-0.15, -0.1) is 0 Å². The average molecular weight is 337 g/mol. The standard InChI is InChI=1S/C19H19N3O3/c1-4-24-17-11-12(2)5-10-16(17)21-18(23)14-6-8-15(9-7-14)19-20-13(3)22-25-19/h5-11H,4H2,1-3H3,(H,21,23). The fourth-order valence-corrected chi connectivity index (χ4v) is 2.38. The van der Waals surface area contributed by atoms with E-state index in [1.54, 1.807) is 31.2 Å². The molecule has 0 spiro atoms. The van der Waals surface area contributed by atoms with E-state index >= 15 is 0 Å². The minimum Gasteiger partial charge on any atom is -0.492 e. The molecule has 0 unspecified atom stereocenters. The van der Waals surface area contributed by atoms with Crippen molar-refractivity contribution in [1.29, 1.82) is 0 Å². The van der Waals surface area contributed by atoms with Crippen LogP contribution in [0.3, 0.4) is 0 Å². The molecule has 0 radical (unpaired) electrons. The van der Waals surface area contributed by atoms with Crippen LogP contribution in [-0.2, 0) is 0 Å². The van der Waals surface area contributed by atoms with Crippen molar-refractivity contribution < 1.29 is 14.1 Å².